The first-order valence-electron chi connectivity index (χ1n) is 7.94. The van der Waals surface area contributed by atoms with Crippen molar-refractivity contribution in [2.75, 3.05) is 0 Å². The Morgan fingerprint density at radius 2 is 1.76 bits per heavy atom. The van der Waals surface area contributed by atoms with Crippen LogP contribution in [-0.4, -0.2) is 6.10 Å². The fraction of sp³-hybridized carbons (Fsp3) is 0.667. The van der Waals surface area contributed by atoms with Gasteiger partial charge >= 0.3 is 0 Å². The third-order valence-corrected chi connectivity index (χ3v) is 3.46. The van der Waals surface area contributed by atoms with E-state index in [1.165, 1.54) is 6.42 Å². The smallest absolute Gasteiger partial charge is 0.124 e. The molecule has 0 saturated heterocycles. The summed E-state index contributed by atoms with van der Waals surface area (Å²) >= 11 is 0. The van der Waals surface area contributed by atoms with E-state index in [2.05, 4.69) is 39.2 Å². The maximum Gasteiger partial charge on any atom is 0.124 e. The molecule has 3 heteroatoms. The number of benzene rings is 1. The van der Waals surface area contributed by atoms with Crippen molar-refractivity contribution in [2.45, 2.75) is 66.5 Å². The van der Waals surface area contributed by atoms with Crippen LogP contribution in [0.15, 0.2) is 24.3 Å². The summed E-state index contributed by atoms with van der Waals surface area (Å²) < 4.78 is 5.92. The molecule has 0 aromatic heterocycles. The maximum absolute atomic E-state index is 5.92. The lowest BCUT2D eigenvalue weighted by Gasteiger charge is -2.27. The minimum atomic E-state index is 0.122. The van der Waals surface area contributed by atoms with Crippen LogP contribution in [0.1, 0.15) is 66.0 Å². The highest BCUT2D eigenvalue weighted by atomic mass is 16.5. The molecule has 0 saturated carbocycles. The lowest BCUT2D eigenvalue weighted by Crippen LogP contribution is -2.30. The van der Waals surface area contributed by atoms with Crippen LogP contribution < -0.4 is 16.0 Å². The van der Waals surface area contributed by atoms with Crippen molar-refractivity contribution < 1.29 is 4.74 Å². The normalized spacial score (nSPS) is 15.0. The van der Waals surface area contributed by atoms with Gasteiger partial charge in [-0.1, -0.05) is 45.9 Å². The summed E-state index contributed by atoms with van der Waals surface area (Å²) in [5.41, 5.74) is 4.46. The number of hydrogen-bond donors (Lipinski definition) is 2. The molecular weight excluding hydrogens is 260 g/mol. The molecule has 0 aliphatic heterocycles. The molecule has 2 unspecified atom stereocenters. The van der Waals surface area contributed by atoms with Crippen molar-refractivity contribution in [1.29, 1.82) is 0 Å². The summed E-state index contributed by atoms with van der Waals surface area (Å²) in [5.74, 6) is 7.34. The SMILES string of the molecule is CC(CC(NN)c1ccccc1OC(C)C)CC(C)(C)C. The van der Waals surface area contributed by atoms with E-state index in [4.69, 9.17) is 10.6 Å². The Labute approximate surface area is 130 Å². The zero-order valence-corrected chi connectivity index (χ0v) is 14.4. The summed E-state index contributed by atoms with van der Waals surface area (Å²) in [6, 6.07) is 8.30. The molecule has 0 bridgehead atoms. The van der Waals surface area contributed by atoms with Crippen LogP contribution in [0.4, 0.5) is 0 Å². The van der Waals surface area contributed by atoms with Gasteiger partial charge in [0.05, 0.1) is 6.10 Å². The predicted octanol–water partition coefficient (Wildman–Crippen LogP) is 4.44. The number of nitrogens with two attached hydrogens (primary N) is 1. The zero-order chi connectivity index (χ0) is 16.0. The van der Waals surface area contributed by atoms with Crippen molar-refractivity contribution in [3.8, 4) is 5.75 Å². The summed E-state index contributed by atoms with van der Waals surface area (Å²) in [6.07, 6.45) is 2.35. The van der Waals surface area contributed by atoms with Crippen LogP contribution in [0.25, 0.3) is 0 Å². The van der Waals surface area contributed by atoms with Gasteiger partial charge in [0.2, 0.25) is 0 Å². The summed E-state index contributed by atoms with van der Waals surface area (Å²) in [5, 5.41) is 0. The van der Waals surface area contributed by atoms with E-state index in [9.17, 15) is 0 Å². The van der Waals surface area contributed by atoms with Crippen LogP contribution in [0.5, 0.6) is 5.75 Å². The quantitative estimate of drug-likeness (QED) is 0.577. The van der Waals surface area contributed by atoms with Gasteiger partial charge < -0.3 is 4.74 Å². The Hall–Kier alpha value is -1.06. The van der Waals surface area contributed by atoms with Crippen molar-refractivity contribution >= 4 is 0 Å². The van der Waals surface area contributed by atoms with E-state index in [0.29, 0.717) is 11.3 Å². The van der Waals surface area contributed by atoms with E-state index in [1.807, 2.05) is 32.0 Å². The molecule has 0 spiro atoms. The largest absolute Gasteiger partial charge is 0.491 e. The van der Waals surface area contributed by atoms with Crippen LogP contribution in [0, 0.1) is 11.3 Å². The molecule has 3 N–H and O–H groups in total. The number of hydrogen-bond acceptors (Lipinski definition) is 3. The van der Waals surface area contributed by atoms with Crippen LogP contribution in [0.3, 0.4) is 0 Å². The number of hydrazine groups is 1. The Morgan fingerprint density at radius 1 is 1.14 bits per heavy atom. The standard InChI is InChI=1S/C18H32N2O/c1-13(2)21-17-10-8-7-9-15(17)16(20-19)11-14(3)12-18(4,5)6/h7-10,13-14,16,20H,11-12,19H2,1-6H3. The van der Waals surface area contributed by atoms with Gasteiger partial charge in [-0.2, -0.15) is 0 Å². The summed E-state index contributed by atoms with van der Waals surface area (Å²) in [7, 11) is 0. The Bertz CT molecular complexity index is 423. The van der Waals surface area contributed by atoms with E-state index in [0.717, 1.165) is 17.7 Å². The summed E-state index contributed by atoms with van der Waals surface area (Å²) in [6.45, 7) is 13.2. The molecule has 0 aliphatic carbocycles. The molecule has 1 aromatic carbocycles. The second kappa shape index (κ2) is 7.81. The molecule has 0 heterocycles. The molecule has 0 amide bonds. The zero-order valence-electron chi connectivity index (χ0n) is 14.4. The molecule has 21 heavy (non-hydrogen) atoms. The monoisotopic (exact) mass is 292 g/mol. The maximum atomic E-state index is 5.92. The minimum Gasteiger partial charge on any atom is -0.491 e. The second-order valence-corrected chi connectivity index (χ2v) is 7.53. The molecular formula is C18H32N2O. The van der Waals surface area contributed by atoms with Gasteiger partial charge in [-0.3, -0.25) is 11.3 Å². The van der Waals surface area contributed by atoms with Gasteiger partial charge in [0.25, 0.3) is 0 Å². The fourth-order valence-corrected chi connectivity index (χ4v) is 2.95. The molecule has 120 valence electrons. The van der Waals surface area contributed by atoms with E-state index >= 15 is 0 Å². The second-order valence-electron chi connectivity index (χ2n) is 7.53. The van der Waals surface area contributed by atoms with Crippen LogP contribution in [-0.2, 0) is 0 Å². The Morgan fingerprint density at radius 3 is 2.29 bits per heavy atom. The number of para-hydroxylation sites is 1. The molecule has 1 aromatic rings. The average Bonchev–Trinajstić information content (AvgIpc) is 2.34. The highest BCUT2D eigenvalue weighted by molar-refractivity contribution is 5.36. The molecule has 0 aliphatic rings. The first kappa shape index (κ1) is 18.0. The van der Waals surface area contributed by atoms with Gasteiger partial charge in [-0.25, -0.2) is 0 Å². The van der Waals surface area contributed by atoms with Gasteiger partial charge in [-0.15, -0.1) is 0 Å². The third-order valence-electron chi connectivity index (χ3n) is 3.46. The topological polar surface area (TPSA) is 47.3 Å². The third kappa shape index (κ3) is 6.49. The predicted molar refractivity (Wildman–Crippen MR) is 90.1 cm³/mol. The lowest BCUT2D eigenvalue weighted by molar-refractivity contribution is 0.233. The molecule has 0 radical (unpaired) electrons. The van der Waals surface area contributed by atoms with Gasteiger partial charge in [-0.05, 0) is 44.1 Å². The van der Waals surface area contributed by atoms with E-state index in [1.54, 1.807) is 0 Å². The first-order chi connectivity index (χ1) is 9.73. The van der Waals surface area contributed by atoms with E-state index < -0.39 is 0 Å². The lowest BCUT2D eigenvalue weighted by atomic mass is 9.82. The van der Waals surface area contributed by atoms with Crippen molar-refractivity contribution in [1.82, 2.24) is 5.43 Å². The highest BCUT2D eigenvalue weighted by Gasteiger charge is 2.21. The van der Waals surface area contributed by atoms with Crippen molar-refractivity contribution in [3.63, 3.8) is 0 Å². The van der Waals surface area contributed by atoms with Crippen LogP contribution in [0.2, 0.25) is 0 Å². The van der Waals surface area contributed by atoms with Crippen LogP contribution >= 0.6 is 0 Å². The number of nitrogens with one attached hydrogen (secondary N) is 1. The number of rotatable bonds is 7. The van der Waals surface area contributed by atoms with Gasteiger partial charge in [0, 0.05) is 11.6 Å². The number of ether oxygens (including phenoxy) is 1. The van der Waals surface area contributed by atoms with Gasteiger partial charge in [0.15, 0.2) is 0 Å². The molecule has 2 atom stereocenters. The highest BCUT2D eigenvalue weighted by Crippen LogP contribution is 2.33. The minimum absolute atomic E-state index is 0.122. The molecule has 1 rings (SSSR count). The molecule has 3 nitrogen and oxygen atoms in total. The summed E-state index contributed by atoms with van der Waals surface area (Å²) in [4.78, 5) is 0. The van der Waals surface area contributed by atoms with E-state index in [-0.39, 0.29) is 12.1 Å². The molecule has 0 fully saturated rings. The Balaban J connectivity index is 2.85. The van der Waals surface area contributed by atoms with Crippen molar-refractivity contribution in [2.24, 2.45) is 17.2 Å². The van der Waals surface area contributed by atoms with Gasteiger partial charge in [0.1, 0.15) is 5.75 Å². The Kier molecular flexibility index (Phi) is 6.69. The average molecular weight is 292 g/mol. The first-order valence-corrected chi connectivity index (χ1v) is 7.94. The van der Waals surface area contributed by atoms with Crippen molar-refractivity contribution in [3.05, 3.63) is 29.8 Å². The fourth-order valence-electron chi connectivity index (χ4n) is 2.95.